The van der Waals surface area contributed by atoms with Crippen molar-refractivity contribution in [2.24, 2.45) is 5.18 Å². The Kier molecular flexibility index (Phi) is 7.77. The summed E-state index contributed by atoms with van der Waals surface area (Å²) in [7, 11) is -17.6. The van der Waals surface area contributed by atoms with Gasteiger partial charge in [-0.2, -0.15) is 13.5 Å². The van der Waals surface area contributed by atoms with Crippen LogP contribution in [0.5, 0.6) is 0 Å². The van der Waals surface area contributed by atoms with Gasteiger partial charge in [-0.3, -0.25) is 18.9 Å². The standard InChI is InChI=1S/C10H14F2N3O15P3/c11-3-9(4-27-32(23,24)30-33(25,26)29-31(20,21)22)6(14-19)10(12,18)7(28-9)15-2-1-5(16)13-8(15)17/h1-2,6-7,18H,3-4H2,(H,23,24)(H,25,26)(H,13,16,17)(H2,20,21,22)/t6-,7-,9-,10-/m1/s1. The van der Waals surface area contributed by atoms with E-state index < -0.39 is 71.7 Å². The van der Waals surface area contributed by atoms with Crippen LogP contribution in [-0.4, -0.2) is 65.0 Å². The second-order valence-electron chi connectivity index (χ2n) is 6.29. The van der Waals surface area contributed by atoms with Crippen LogP contribution in [-0.2, 0) is 31.6 Å². The summed E-state index contributed by atoms with van der Waals surface area (Å²) >= 11 is 0. The van der Waals surface area contributed by atoms with Gasteiger partial charge in [0.05, 0.1) is 6.61 Å². The van der Waals surface area contributed by atoms with E-state index in [0.29, 0.717) is 12.3 Å². The van der Waals surface area contributed by atoms with Crippen LogP contribution in [0.3, 0.4) is 0 Å². The van der Waals surface area contributed by atoms with Crippen LogP contribution in [0, 0.1) is 4.91 Å². The molecule has 1 aromatic rings. The first-order valence-corrected chi connectivity index (χ1v) is 12.5. The Morgan fingerprint density at radius 1 is 1.18 bits per heavy atom. The number of ether oxygens (including phenoxy) is 1. The Morgan fingerprint density at radius 2 is 1.79 bits per heavy atom. The highest BCUT2D eigenvalue weighted by Gasteiger charge is 2.68. The number of aliphatic hydroxyl groups is 1. The Balaban J connectivity index is 2.35. The van der Waals surface area contributed by atoms with Gasteiger partial charge in [-0.1, -0.05) is 5.18 Å². The monoisotopic (exact) mass is 547 g/mol. The van der Waals surface area contributed by atoms with Crippen LogP contribution in [0.4, 0.5) is 8.78 Å². The molecule has 0 aliphatic carbocycles. The third-order valence-electron chi connectivity index (χ3n) is 3.90. The lowest BCUT2D eigenvalue weighted by molar-refractivity contribution is -0.181. The number of rotatable bonds is 10. The summed E-state index contributed by atoms with van der Waals surface area (Å²) in [5.74, 6) is -3.98. The molecule has 6 atom stereocenters. The molecular weight excluding hydrogens is 533 g/mol. The maximum Gasteiger partial charge on any atom is 0.490 e. The molecule has 0 spiro atoms. The second-order valence-corrected chi connectivity index (χ2v) is 10.7. The molecule has 23 heteroatoms. The van der Waals surface area contributed by atoms with E-state index in [1.165, 1.54) is 0 Å². The average Bonchev–Trinajstić information content (AvgIpc) is 2.84. The number of alkyl halides is 2. The first-order valence-electron chi connectivity index (χ1n) is 7.95. The van der Waals surface area contributed by atoms with E-state index in [-0.39, 0.29) is 4.57 Å². The maximum absolute atomic E-state index is 15.0. The number of nitroso groups, excluding NO2 is 1. The summed E-state index contributed by atoms with van der Waals surface area (Å²) in [5.41, 5.74) is -5.42. The summed E-state index contributed by atoms with van der Waals surface area (Å²) < 4.78 is 78.7. The number of hydrogen-bond acceptors (Lipinski definition) is 12. The predicted molar refractivity (Wildman–Crippen MR) is 95.6 cm³/mol. The molecule has 188 valence electrons. The Hall–Kier alpha value is -1.53. The molecule has 0 amide bonds. The van der Waals surface area contributed by atoms with Crippen LogP contribution in [0.2, 0.25) is 0 Å². The summed E-state index contributed by atoms with van der Waals surface area (Å²) in [5, 5.41) is 12.2. The van der Waals surface area contributed by atoms with Crippen molar-refractivity contribution in [1.82, 2.24) is 9.55 Å². The minimum Gasteiger partial charge on any atom is -0.356 e. The Labute approximate surface area is 179 Å². The number of aromatic amines is 1. The zero-order valence-corrected chi connectivity index (χ0v) is 18.2. The molecule has 0 saturated carbocycles. The van der Waals surface area contributed by atoms with Gasteiger partial charge in [0.25, 0.3) is 11.4 Å². The lowest BCUT2D eigenvalue weighted by atomic mass is 9.94. The number of nitrogens with zero attached hydrogens (tertiary/aromatic N) is 2. The van der Waals surface area contributed by atoms with Crippen LogP contribution < -0.4 is 11.2 Å². The zero-order chi connectivity index (χ0) is 25.5. The van der Waals surface area contributed by atoms with Crippen LogP contribution in [0.1, 0.15) is 6.23 Å². The maximum atomic E-state index is 15.0. The van der Waals surface area contributed by atoms with Gasteiger partial charge in [-0.15, -0.1) is 0 Å². The Morgan fingerprint density at radius 3 is 2.27 bits per heavy atom. The molecule has 0 radical (unpaired) electrons. The van der Waals surface area contributed by atoms with E-state index in [9.17, 15) is 47.0 Å². The molecule has 2 heterocycles. The molecular formula is C10H14F2N3O15P3. The van der Waals surface area contributed by atoms with Crippen molar-refractivity contribution < 1.29 is 65.0 Å². The normalized spacial score (nSPS) is 31.6. The molecule has 0 bridgehead atoms. The molecule has 1 fully saturated rings. The smallest absolute Gasteiger partial charge is 0.356 e. The van der Waals surface area contributed by atoms with E-state index in [1.807, 2.05) is 0 Å². The molecule has 1 aliphatic rings. The average molecular weight is 547 g/mol. The minimum atomic E-state index is -5.97. The van der Waals surface area contributed by atoms with E-state index in [4.69, 9.17) is 19.4 Å². The minimum absolute atomic E-state index is 0.182. The van der Waals surface area contributed by atoms with Gasteiger partial charge in [0.2, 0.25) is 0 Å². The third kappa shape index (κ3) is 6.33. The largest absolute Gasteiger partial charge is 0.490 e. The Bertz CT molecular complexity index is 1160. The van der Waals surface area contributed by atoms with E-state index in [1.54, 1.807) is 4.98 Å². The molecule has 2 rings (SSSR count). The number of aromatic nitrogens is 2. The summed E-state index contributed by atoms with van der Waals surface area (Å²) in [6.07, 6.45) is -1.97. The highest BCUT2D eigenvalue weighted by molar-refractivity contribution is 7.66. The lowest BCUT2D eigenvalue weighted by Gasteiger charge is -2.28. The van der Waals surface area contributed by atoms with Crippen LogP contribution >= 0.6 is 23.5 Å². The van der Waals surface area contributed by atoms with E-state index >= 15 is 0 Å². The highest BCUT2D eigenvalue weighted by Crippen LogP contribution is 2.66. The van der Waals surface area contributed by atoms with E-state index in [2.05, 4.69) is 18.3 Å². The number of H-pyrrole nitrogens is 1. The molecule has 6 N–H and O–H groups in total. The van der Waals surface area contributed by atoms with Crippen molar-refractivity contribution in [3.05, 3.63) is 38.0 Å². The van der Waals surface area contributed by atoms with Crippen molar-refractivity contribution in [1.29, 1.82) is 0 Å². The van der Waals surface area contributed by atoms with Gasteiger partial charge in [-0.25, -0.2) is 27.3 Å². The third-order valence-corrected chi connectivity index (χ3v) is 7.68. The topological polar surface area (TPSA) is 274 Å². The first kappa shape index (κ1) is 27.7. The summed E-state index contributed by atoms with van der Waals surface area (Å²) in [4.78, 5) is 71.3. The van der Waals surface area contributed by atoms with Gasteiger partial charge < -0.3 is 29.4 Å². The van der Waals surface area contributed by atoms with Crippen LogP contribution in [0.15, 0.2) is 27.0 Å². The number of nitrogens with one attached hydrogen (secondary N) is 1. The van der Waals surface area contributed by atoms with Gasteiger partial charge in [0, 0.05) is 12.3 Å². The van der Waals surface area contributed by atoms with E-state index in [0.717, 1.165) is 0 Å². The van der Waals surface area contributed by atoms with Crippen molar-refractivity contribution >= 4 is 23.5 Å². The molecule has 0 aromatic carbocycles. The van der Waals surface area contributed by atoms with Gasteiger partial charge in [0.1, 0.15) is 6.67 Å². The fourth-order valence-electron chi connectivity index (χ4n) is 2.66. The number of halogens is 2. The van der Waals surface area contributed by atoms with Crippen LogP contribution in [0.25, 0.3) is 0 Å². The van der Waals surface area contributed by atoms with Gasteiger partial charge >= 0.3 is 29.2 Å². The quantitative estimate of drug-likeness (QED) is 0.150. The highest BCUT2D eigenvalue weighted by atomic mass is 31.3. The lowest BCUT2D eigenvalue weighted by Crippen LogP contribution is -2.51. The van der Waals surface area contributed by atoms with Crippen molar-refractivity contribution in [2.45, 2.75) is 23.7 Å². The number of hydrogen-bond donors (Lipinski definition) is 6. The summed E-state index contributed by atoms with van der Waals surface area (Å²) in [6.45, 7) is -3.70. The fraction of sp³-hybridized carbons (Fsp3) is 0.600. The second kappa shape index (κ2) is 9.26. The number of phosphoric ester groups is 1. The van der Waals surface area contributed by atoms with Crippen molar-refractivity contribution in [3.8, 4) is 0 Å². The molecule has 1 aliphatic heterocycles. The zero-order valence-electron chi connectivity index (χ0n) is 15.5. The molecule has 18 nitrogen and oxygen atoms in total. The summed E-state index contributed by atoms with van der Waals surface area (Å²) in [6, 6.07) is -2.14. The number of phosphoric acid groups is 3. The van der Waals surface area contributed by atoms with Gasteiger partial charge in [-0.05, 0) is 0 Å². The molecule has 33 heavy (non-hydrogen) atoms. The van der Waals surface area contributed by atoms with Gasteiger partial charge in [0.15, 0.2) is 17.9 Å². The predicted octanol–water partition coefficient (Wildman–Crippen LogP) is -1.09. The fourth-order valence-corrected chi connectivity index (χ4v) is 5.73. The molecule has 2 unspecified atom stereocenters. The first-order chi connectivity index (χ1) is 14.9. The van der Waals surface area contributed by atoms with Crippen molar-refractivity contribution in [3.63, 3.8) is 0 Å². The van der Waals surface area contributed by atoms with Crippen molar-refractivity contribution in [2.75, 3.05) is 13.3 Å². The molecule has 1 saturated heterocycles. The SMILES string of the molecule is O=N[C@@H]1[C@@](CF)(COP(=O)(O)OP(=O)(O)OP(=O)(O)O)O[C@@H](n2ccc(=O)[nH]c2=O)[C@@]1(O)F. The molecule has 1 aromatic heterocycles.